The lowest BCUT2D eigenvalue weighted by Crippen LogP contribution is -2.09. The van der Waals surface area contributed by atoms with E-state index in [0.717, 1.165) is 31.4 Å². The molecule has 0 atom stereocenters. The molecular weight excluding hydrogens is 234 g/mol. The molecule has 0 bridgehead atoms. The topological polar surface area (TPSA) is 35.8 Å². The first-order chi connectivity index (χ1) is 8.44. The molecule has 1 aromatic carbocycles. The van der Waals surface area contributed by atoms with Gasteiger partial charge < -0.3 is 5.32 Å². The van der Waals surface area contributed by atoms with Crippen LogP contribution in [-0.4, -0.2) is 6.54 Å². The third-order valence-corrected chi connectivity index (χ3v) is 2.78. The molecular formula is C14H18F2N2. The number of hydrogen-bond donors (Lipinski definition) is 1. The molecule has 0 aliphatic rings. The Morgan fingerprint density at radius 1 is 1.22 bits per heavy atom. The summed E-state index contributed by atoms with van der Waals surface area (Å²) in [7, 11) is 0. The van der Waals surface area contributed by atoms with Crippen LogP contribution in [0.3, 0.4) is 0 Å². The maximum Gasteiger partial charge on any atom is 0.160 e. The molecule has 98 valence electrons. The van der Waals surface area contributed by atoms with Gasteiger partial charge in [-0.2, -0.15) is 5.26 Å². The monoisotopic (exact) mass is 252 g/mol. The third-order valence-electron chi connectivity index (χ3n) is 2.78. The molecule has 0 aliphatic heterocycles. The molecule has 0 unspecified atom stereocenters. The minimum Gasteiger partial charge on any atom is -0.385 e. The number of nitrogens with zero attached hydrogens (tertiary/aromatic N) is 1. The Balaban J connectivity index is 2.26. The van der Waals surface area contributed by atoms with Gasteiger partial charge in [-0.1, -0.05) is 6.42 Å². The lowest BCUT2D eigenvalue weighted by atomic mass is 9.89. The Morgan fingerprint density at radius 2 is 1.94 bits per heavy atom. The SMILES string of the molecule is CC(C)(C#N)CCCCNc1ccc(F)c(F)c1. The van der Waals surface area contributed by atoms with E-state index < -0.39 is 11.6 Å². The van der Waals surface area contributed by atoms with Crippen molar-refractivity contribution in [3.05, 3.63) is 29.8 Å². The van der Waals surface area contributed by atoms with Gasteiger partial charge in [0.05, 0.1) is 11.5 Å². The molecule has 0 radical (unpaired) electrons. The maximum atomic E-state index is 12.9. The fourth-order valence-corrected chi connectivity index (χ4v) is 1.59. The zero-order chi connectivity index (χ0) is 13.6. The lowest BCUT2D eigenvalue weighted by molar-refractivity contribution is 0.430. The summed E-state index contributed by atoms with van der Waals surface area (Å²) in [6, 6.07) is 6.02. The van der Waals surface area contributed by atoms with Crippen molar-refractivity contribution in [3.63, 3.8) is 0 Å². The van der Waals surface area contributed by atoms with Crippen LogP contribution >= 0.6 is 0 Å². The van der Waals surface area contributed by atoms with Gasteiger partial charge in [0.2, 0.25) is 0 Å². The molecule has 0 aliphatic carbocycles. The van der Waals surface area contributed by atoms with E-state index in [1.165, 1.54) is 6.07 Å². The fraction of sp³-hybridized carbons (Fsp3) is 0.500. The zero-order valence-corrected chi connectivity index (χ0v) is 10.8. The average molecular weight is 252 g/mol. The van der Waals surface area contributed by atoms with Gasteiger partial charge in [-0.25, -0.2) is 8.78 Å². The van der Waals surface area contributed by atoms with Crippen molar-refractivity contribution in [3.8, 4) is 6.07 Å². The van der Waals surface area contributed by atoms with E-state index in [9.17, 15) is 8.78 Å². The largest absolute Gasteiger partial charge is 0.385 e. The minimum absolute atomic E-state index is 0.290. The number of benzene rings is 1. The molecule has 2 nitrogen and oxygen atoms in total. The van der Waals surface area contributed by atoms with Crippen molar-refractivity contribution in [1.29, 1.82) is 5.26 Å². The highest BCUT2D eigenvalue weighted by Gasteiger charge is 2.15. The van der Waals surface area contributed by atoms with Crippen LogP contribution in [0.1, 0.15) is 33.1 Å². The first kappa shape index (κ1) is 14.4. The summed E-state index contributed by atoms with van der Waals surface area (Å²) in [5, 5.41) is 11.9. The van der Waals surface area contributed by atoms with Gasteiger partial charge in [0.1, 0.15) is 0 Å². The van der Waals surface area contributed by atoms with Crippen LogP contribution in [0.15, 0.2) is 18.2 Å². The summed E-state index contributed by atoms with van der Waals surface area (Å²) in [6.45, 7) is 4.51. The highest BCUT2D eigenvalue weighted by Crippen LogP contribution is 2.21. The molecule has 0 saturated heterocycles. The number of nitrogens with one attached hydrogen (secondary N) is 1. The summed E-state index contributed by atoms with van der Waals surface area (Å²) >= 11 is 0. The number of anilines is 1. The molecule has 0 fully saturated rings. The predicted molar refractivity (Wildman–Crippen MR) is 68.1 cm³/mol. The van der Waals surface area contributed by atoms with E-state index in [0.29, 0.717) is 12.2 Å². The molecule has 1 N–H and O–H groups in total. The third kappa shape index (κ3) is 4.70. The van der Waals surface area contributed by atoms with Crippen LogP contribution in [0.25, 0.3) is 0 Å². The van der Waals surface area contributed by atoms with Gasteiger partial charge in [0, 0.05) is 12.2 Å². The minimum atomic E-state index is -0.842. The second-order valence-corrected chi connectivity index (χ2v) is 5.01. The number of halogens is 2. The molecule has 0 spiro atoms. The summed E-state index contributed by atoms with van der Waals surface area (Å²) in [4.78, 5) is 0. The van der Waals surface area contributed by atoms with Crippen LogP contribution in [-0.2, 0) is 0 Å². The van der Waals surface area contributed by atoms with Crippen LogP contribution in [0.5, 0.6) is 0 Å². The van der Waals surface area contributed by atoms with Gasteiger partial charge in [0.25, 0.3) is 0 Å². The smallest absolute Gasteiger partial charge is 0.160 e. The first-order valence-corrected chi connectivity index (χ1v) is 6.05. The van der Waals surface area contributed by atoms with Crippen LogP contribution in [0.4, 0.5) is 14.5 Å². The second-order valence-electron chi connectivity index (χ2n) is 5.01. The van der Waals surface area contributed by atoms with E-state index in [1.54, 1.807) is 0 Å². The van der Waals surface area contributed by atoms with Crippen molar-refractivity contribution < 1.29 is 8.78 Å². The zero-order valence-electron chi connectivity index (χ0n) is 10.8. The predicted octanol–water partition coefficient (Wildman–Crippen LogP) is 4.10. The highest BCUT2D eigenvalue weighted by molar-refractivity contribution is 5.43. The van der Waals surface area contributed by atoms with Crippen molar-refractivity contribution in [1.82, 2.24) is 0 Å². The lowest BCUT2D eigenvalue weighted by Gasteiger charge is -2.14. The van der Waals surface area contributed by atoms with Gasteiger partial charge in [0.15, 0.2) is 11.6 Å². The molecule has 0 saturated carbocycles. The van der Waals surface area contributed by atoms with Crippen molar-refractivity contribution in [2.24, 2.45) is 5.41 Å². The van der Waals surface area contributed by atoms with Gasteiger partial charge in [-0.05, 0) is 44.9 Å². The maximum absolute atomic E-state index is 12.9. The number of unbranched alkanes of at least 4 members (excludes halogenated alkanes) is 1. The van der Waals surface area contributed by atoms with Gasteiger partial charge in [-0.3, -0.25) is 0 Å². The summed E-state index contributed by atoms with van der Waals surface area (Å²) in [6.07, 6.45) is 2.66. The normalized spacial score (nSPS) is 11.1. The standard InChI is InChI=1S/C14H18F2N2/c1-14(2,10-17)7-3-4-8-18-11-5-6-12(15)13(16)9-11/h5-6,9,18H,3-4,7-8H2,1-2H3. The Hall–Kier alpha value is -1.63. The quantitative estimate of drug-likeness (QED) is 0.774. The van der Waals surface area contributed by atoms with E-state index in [2.05, 4.69) is 11.4 Å². The fourth-order valence-electron chi connectivity index (χ4n) is 1.59. The van der Waals surface area contributed by atoms with E-state index in [4.69, 9.17) is 5.26 Å². The molecule has 1 rings (SSSR count). The van der Waals surface area contributed by atoms with Crippen LogP contribution in [0.2, 0.25) is 0 Å². The Morgan fingerprint density at radius 3 is 2.56 bits per heavy atom. The van der Waals surface area contributed by atoms with Crippen molar-refractivity contribution in [2.45, 2.75) is 33.1 Å². The number of hydrogen-bond acceptors (Lipinski definition) is 2. The van der Waals surface area contributed by atoms with E-state index >= 15 is 0 Å². The molecule has 0 amide bonds. The number of rotatable bonds is 6. The first-order valence-electron chi connectivity index (χ1n) is 6.05. The second kappa shape index (κ2) is 6.34. The van der Waals surface area contributed by atoms with E-state index in [1.807, 2.05) is 13.8 Å². The molecule has 18 heavy (non-hydrogen) atoms. The summed E-state index contributed by atoms with van der Waals surface area (Å²) < 4.78 is 25.6. The Bertz CT molecular complexity index is 436. The molecule has 0 aromatic heterocycles. The van der Waals surface area contributed by atoms with Crippen LogP contribution in [0, 0.1) is 28.4 Å². The van der Waals surface area contributed by atoms with Gasteiger partial charge in [-0.15, -0.1) is 0 Å². The van der Waals surface area contributed by atoms with Gasteiger partial charge >= 0.3 is 0 Å². The van der Waals surface area contributed by atoms with Crippen molar-refractivity contribution in [2.75, 3.05) is 11.9 Å². The van der Waals surface area contributed by atoms with Crippen LogP contribution < -0.4 is 5.32 Å². The molecule has 0 heterocycles. The van der Waals surface area contributed by atoms with E-state index in [-0.39, 0.29) is 5.41 Å². The Kier molecular flexibility index (Phi) is 5.08. The summed E-state index contributed by atoms with van der Waals surface area (Å²) in [5.41, 5.74) is 0.288. The van der Waals surface area contributed by atoms with Crippen molar-refractivity contribution >= 4 is 5.69 Å². The Labute approximate surface area is 107 Å². The summed E-state index contributed by atoms with van der Waals surface area (Å²) in [5.74, 6) is -1.68. The highest BCUT2D eigenvalue weighted by atomic mass is 19.2. The number of nitriles is 1. The molecule has 4 heteroatoms. The average Bonchev–Trinajstić information content (AvgIpc) is 2.33. The molecule has 1 aromatic rings.